The van der Waals surface area contributed by atoms with Crippen molar-refractivity contribution in [2.24, 2.45) is 0 Å². The number of aromatic nitrogens is 2. The second-order valence-corrected chi connectivity index (χ2v) is 3.60. The van der Waals surface area contributed by atoms with Crippen molar-refractivity contribution in [3.8, 4) is 0 Å². The van der Waals surface area contributed by atoms with Crippen LogP contribution in [-0.4, -0.2) is 49.1 Å². The molecule has 0 aliphatic carbocycles. The van der Waals surface area contributed by atoms with Crippen LogP contribution in [0.3, 0.4) is 0 Å². The maximum Gasteiger partial charge on any atom is 0.358 e. The number of hydrogen-bond donors (Lipinski definition) is 0. The highest BCUT2D eigenvalue weighted by Crippen LogP contribution is 2.11. The zero-order chi connectivity index (χ0) is 12.1. The van der Waals surface area contributed by atoms with Crippen LogP contribution in [0.2, 0.25) is 0 Å². The number of anilines is 1. The third kappa shape index (κ3) is 2.91. The predicted octanol–water partition coefficient (Wildman–Crippen LogP) is 0.490. The first-order valence-corrected chi connectivity index (χ1v) is 5.65. The molecule has 1 saturated heterocycles. The fourth-order valence-corrected chi connectivity index (χ4v) is 1.60. The molecule has 1 aromatic heterocycles. The van der Waals surface area contributed by atoms with Gasteiger partial charge in [-0.05, 0) is 19.1 Å². The highest BCUT2D eigenvalue weighted by molar-refractivity contribution is 5.87. The molecule has 0 aromatic carbocycles. The van der Waals surface area contributed by atoms with E-state index in [1.54, 1.807) is 19.1 Å². The van der Waals surface area contributed by atoms with Crippen molar-refractivity contribution in [3.63, 3.8) is 0 Å². The molecule has 0 amide bonds. The maximum absolute atomic E-state index is 11.4. The number of hydrogen-bond acceptors (Lipinski definition) is 6. The SMILES string of the molecule is CCOC(=O)c1ccc(N2CCOCC2)nn1. The Balaban J connectivity index is 2.04. The van der Waals surface area contributed by atoms with Crippen LogP contribution < -0.4 is 4.90 Å². The molecule has 0 N–H and O–H groups in total. The van der Waals surface area contributed by atoms with E-state index in [9.17, 15) is 4.79 Å². The molecule has 0 radical (unpaired) electrons. The fourth-order valence-electron chi connectivity index (χ4n) is 1.60. The molecular formula is C11H15N3O3. The summed E-state index contributed by atoms with van der Waals surface area (Å²) in [6, 6.07) is 3.42. The summed E-state index contributed by atoms with van der Waals surface area (Å²) in [7, 11) is 0. The monoisotopic (exact) mass is 237 g/mol. The average molecular weight is 237 g/mol. The molecule has 2 heterocycles. The van der Waals surface area contributed by atoms with Crippen molar-refractivity contribution in [3.05, 3.63) is 17.8 Å². The van der Waals surface area contributed by atoms with Crippen LogP contribution in [0.15, 0.2) is 12.1 Å². The number of morpholine rings is 1. The number of nitrogens with zero attached hydrogens (tertiary/aromatic N) is 3. The Morgan fingerprint density at radius 1 is 1.41 bits per heavy atom. The smallest absolute Gasteiger partial charge is 0.358 e. The fraction of sp³-hybridized carbons (Fsp3) is 0.545. The Morgan fingerprint density at radius 3 is 2.76 bits per heavy atom. The van der Waals surface area contributed by atoms with Gasteiger partial charge >= 0.3 is 5.97 Å². The summed E-state index contributed by atoms with van der Waals surface area (Å²) in [5.41, 5.74) is 0.240. The molecule has 6 nitrogen and oxygen atoms in total. The van der Waals surface area contributed by atoms with Crippen LogP contribution in [-0.2, 0) is 9.47 Å². The highest BCUT2D eigenvalue weighted by Gasteiger charge is 2.14. The summed E-state index contributed by atoms with van der Waals surface area (Å²) >= 11 is 0. The summed E-state index contributed by atoms with van der Waals surface area (Å²) in [5.74, 6) is 0.329. The van der Waals surface area contributed by atoms with Crippen molar-refractivity contribution < 1.29 is 14.3 Å². The summed E-state index contributed by atoms with van der Waals surface area (Å²) in [6.45, 7) is 5.09. The second kappa shape index (κ2) is 5.58. The van der Waals surface area contributed by atoms with Crippen molar-refractivity contribution in [2.45, 2.75) is 6.92 Å². The van der Waals surface area contributed by atoms with Crippen LogP contribution in [0.5, 0.6) is 0 Å². The van der Waals surface area contributed by atoms with E-state index in [1.807, 2.05) is 0 Å². The Hall–Kier alpha value is -1.69. The lowest BCUT2D eigenvalue weighted by Gasteiger charge is -2.27. The largest absolute Gasteiger partial charge is 0.461 e. The Kier molecular flexibility index (Phi) is 3.87. The van der Waals surface area contributed by atoms with E-state index < -0.39 is 5.97 Å². The van der Waals surface area contributed by atoms with Gasteiger partial charge in [0, 0.05) is 13.1 Å². The van der Waals surface area contributed by atoms with Crippen LogP contribution in [0, 0.1) is 0 Å². The van der Waals surface area contributed by atoms with E-state index in [4.69, 9.17) is 9.47 Å². The lowest BCUT2D eigenvalue weighted by Crippen LogP contribution is -2.36. The molecule has 1 aromatic rings. The molecule has 0 saturated carbocycles. The minimum absolute atomic E-state index is 0.240. The van der Waals surface area contributed by atoms with Crippen molar-refractivity contribution >= 4 is 11.8 Å². The van der Waals surface area contributed by atoms with Gasteiger partial charge in [-0.3, -0.25) is 0 Å². The molecule has 0 bridgehead atoms. The average Bonchev–Trinajstić information content (AvgIpc) is 2.40. The number of esters is 1. The quantitative estimate of drug-likeness (QED) is 0.713. The van der Waals surface area contributed by atoms with Gasteiger partial charge in [0.2, 0.25) is 0 Å². The van der Waals surface area contributed by atoms with Crippen LogP contribution in [0.4, 0.5) is 5.82 Å². The van der Waals surface area contributed by atoms with Gasteiger partial charge < -0.3 is 14.4 Å². The van der Waals surface area contributed by atoms with Gasteiger partial charge in [-0.1, -0.05) is 0 Å². The summed E-state index contributed by atoms with van der Waals surface area (Å²) in [6.07, 6.45) is 0. The molecule has 17 heavy (non-hydrogen) atoms. The van der Waals surface area contributed by atoms with Crippen LogP contribution >= 0.6 is 0 Å². The van der Waals surface area contributed by atoms with Gasteiger partial charge in [0.25, 0.3) is 0 Å². The molecule has 1 fully saturated rings. The Labute approximate surface area is 99.5 Å². The molecule has 1 aliphatic heterocycles. The standard InChI is InChI=1S/C11H15N3O3/c1-2-17-11(15)9-3-4-10(13-12-9)14-5-7-16-8-6-14/h3-4H,2,5-8H2,1H3. The summed E-state index contributed by atoms with van der Waals surface area (Å²) < 4.78 is 10.1. The highest BCUT2D eigenvalue weighted by atomic mass is 16.5. The minimum atomic E-state index is -0.437. The molecule has 2 rings (SSSR count). The third-order valence-corrected chi connectivity index (χ3v) is 2.47. The molecule has 0 spiro atoms. The van der Waals surface area contributed by atoms with E-state index >= 15 is 0 Å². The van der Waals surface area contributed by atoms with Gasteiger partial charge in [0.1, 0.15) is 0 Å². The zero-order valence-electron chi connectivity index (χ0n) is 9.76. The Morgan fingerprint density at radius 2 is 2.18 bits per heavy atom. The first-order valence-electron chi connectivity index (χ1n) is 5.65. The number of ether oxygens (including phenoxy) is 2. The van der Waals surface area contributed by atoms with E-state index in [-0.39, 0.29) is 5.69 Å². The lowest BCUT2D eigenvalue weighted by molar-refractivity contribution is 0.0518. The van der Waals surface area contributed by atoms with Gasteiger partial charge in [-0.25, -0.2) is 4.79 Å². The van der Waals surface area contributed by atoms with E-state index in [0.717, 1.165) is 18.9 Å². The molecule has 1 aliphatic rings. The van der Waals surface area contributed by atoms with E-state index in [0.29, 0.717) is 19.8 Å². The van der Waals surface area contributed by atoms with Crippen LogP contribution in [0.25, 0.3) is 0 Å². The molecular weight excluding hydrogens is 222 g/mol. The van der Waals surface area contributed by atoms with E-state index in [1.165, 1.54) is 0 Å². The number of rotatable bonds is 3. The van der Waals surface area contributed by atoms with Gasteiger partial charge in [-0.2, -0.15) is 0 Å². The molecule has 0 unspecified atom stereocenters. The van der Waals surface area contributed by atoms with Gasteiger partial charge in [-0.15, -0.1) is 10.2 Å². The number of carbonyl (C=O) groups excluding carboxylic acids is 1. The van der Waals surface area contributed by atoms with Crippen LogP contribution in [0.1, 0.15) is 17.4 Å². The van der Waals surface area contributed by atoms with Crippen molar-refractivity contribution in [2.75, 3.05) is 37.8 Å². The van der Waals surface area contributed by atoms with E-state index in [2.05, 4.69) is 15.1 Å². The maximum atomic E-state index is 11.4. The predicted molar refractivity (Wildman–Crippen MR) is 61.0 cm³/mol. The Bertz CT molecular complexity index is 374. The van der Waals surface area contributed by atoms with Crippen molar-refractivity contribution in [1.29, 1.82) is 0 Å². The molecule has 0 atom stereocenters. The third-order valence-electron chi connectivity index (χ3n) is 2.47. The minimum Gasteiger partial charge on any atom is -0.461 e. The first-order chi connectivity index (χ1) is 8.31. The topological polar surface area (TPSA) is 64.5 Å². The summed E-state index contributed by atoms with van der Waals surface area (Å²) in [5, 5.41) is 7.89. The lowest BCUT2D eigenvalue weighted by atomic mass is 10.3. The normalized spacial score (nSPS) is 15.7. The molecule has 92 valence electrons. The zero-order valence-corrected chi connectivity index (χ0v) is 9.76. The van der Waals surface area contributed by atoms with Gasteiger partial charge in [0.05, 0.1) is 19.8 Å². The number of carbonyl (C=O) groups is 1. The second-order valence-electron chi connectivity index (χ2n) is 3.60. The molecule has 6 heteroatoms. The van der Waals surface area contributed by atoms with Crippen molar-refractivity contribution in [1.82, 2.24) is 10.2 Å². The van der Waals surface area contributed by atoms with Gasteiger partial charge in [0.15, 0.2) is 11.5 Å². The summed E-state index contributed by atoms with van der Waals surface area (Å²) in [4.78, 5) is 13.4. The first kappa shape index (κ1) is 11.8.